The summed E-state index contributed by atoms with van der Waals surface area (Å²) in [4.78, 5) is 4.26. The van der Waals surface area contributed by atoms with E-state index >= 15 is 0 Å². The molecule has 2 heterocycles. The summed E-state index contributed by atoms with van der Waals surface area (Å²) in [7, 11) is 0. The van der Waals surface area contributed by atoms with Crippen LogP contribution in [0.15, 0.2) is 18.7 Å². The van der Waals surface area contributed by atoms with Crippen LogP contribution in [-0.2, 0) is 0 Å². The summed E-state index contributed by atoms with van der Waals surface area (Å²) in [5.74, 6) is 0.762. The highest BCUT2D eigenvalue weighted by atomic mass is 15.3. The molecule has 3 rings (SSSR count). The van der Waals surface area contributed by atoms with E-state index in [-0.39, 0.29) is 5.54 Å². The maximum Gasteiger partial charge on any atom is 0.203 e. The van der Waals surface area contributed by atoms with Gasteiger partial charge in [0.1, 0.15) is 6.33 Å². The van der Waals surface area contributed by atoms with Gasteiger partial charge in [-0.1, -0.05) is 0 Å². The van der Waals surface area contributed by atoms with E-state index in [0.29, 0.717) is 6.54 Å². The van der Waals surface area contributed by atoms with Gasteiger partial charge in [0, 0.05) is 18.9 Å². The molecule has 0 unspecified atom stereocenters. The Hall–Kier alpha value is -1.69. The number of nitrogens with two attached hydrogens (primary N) is 1. The molecule has 0 spiro atoms. The van der Waals surface area contributed by atoms with Crippen molar-refractivity contribution in [2.45, 2.75) is 18.4 Å². The third kappa shape index (κ3) is 1.33. The van der Waals surface area contributed by atoms with Crippen molar-refractivity contribution in [1.82, 2.24) is 19.6 Å². The van der Waals surface area contributed by atoms with Gasteiger partial charge in [0.25, 0.3) is 0 Å². The Morgan fingerprint density at radius 3 is 3.13 bits per heavy atom. The molecule has 2 aromatic heterocycles. The summed E-state index contributed by atoms with van der Waals surface area (Å²) in [6, 6.07) is 0. The number of aromatic nitrogens is 4. The van der Waals surface area contributed by atoms with Crippen molar-refractivity contribution in [2.24, 2.45) is 5.73 Å². The van der Waals surface area contributed by atoms with E-state index in [0.717, 1.165) is 24.3 Å². The van der Waals surface area contributed by atoms with E-state index in [4.69, 9.17) is 5.73 Å². The van der Waals surface area contributed by atoms with Gasteiger partial charge in [-0.3, -0.25) is 4.40 Å². The molecular formula is C9H12N6. The molecule has 0 saturated heterocycles. The number of anilines is 1. The maximum atomic E-state index is 5.70. The standard InChI is InChI=1S/C9H12N6/c10-5-9(1-2-9)13-7-8-14-12-6-15(8)4-3-11-7/h3-4,6H,1-2,5,10H2,(H,11,13). The molecule has 0 aliphatic heterocycles. The lowest BCUT2D eigenvalue weighted by atomic mass is 10.3. The molecule has 3 N–H and O–H groups in total. The number of nitrogens with zero attached hydrogens (tertiary/aromatic N) is 4. The molecule has 0 radical (unpaired) electrons. The third-order valence-electron chi connectivity index (χ3n) is 2.84. The van der Waals surface area contributed by atoms with E-state index < -0.39 is 0 Å². The Morgan fingerprint density at radius 1 is 1.53 bits per heavy atom. The smallest absolute Gasteiger partial charge is 0.203 e. The molecule has 1 aliphatic carbocycles. The summed E-state index contributed by atoms with van der Waals surface area (Å²) in [5, 5.41) is 11.2. The van der Waals surface area contributed by atoms with Gasteiger partial charge in [0.2, 0.25) is 5.65 Å². The normalized spacial score (nSPS) is 17.9. The lowest BCUT2D eigenvalue weighted by Gasteiger charge is -2.15. The highest BCUT2D eigenvalue weighted by Crippen LogP contribution is 2.37. The first-order valence-corrected chi connectivity index (χ1v) is 4.96. The van der Waals surface area contributed by atoms with Crippen LogP contribution in [0.25, 0.3) is 5.65 Å². The zero-order valence-corrected chi connectivity index (χ0v) is 8.22. The minimum absolute atomic E-state index is 0.0425. The van der Waals surface area contributed by atoms with E-state index in [9.17, 15) is 0 Å². The van der Waals surface area contributed by atoms with Gasteiger partial charge in [-0.2, -0.15) is 0 Å². The van der Waals surface area contributed by atoms with Crippen LogP contribution in [-0.4, -0.2) is 31.7 Å². The maximum absolute atomic E-state index is 5.70. The number of hydrogen-bond donors (Lipinski definition) is 2. The second-order valence-electron chi connectivity index (χ2n) is 3.95. The van der Waals surface area contributed by atoms with Gasteiger partial charge in [0.05, 0.1) is 5.54 Å². The lowest BCUT2D eigenvalue weighted by molar-refractivity contribution is 0.737. The van der Waals surface area contributed by atoms with Crippen molar-refractivity contribution >= 4 is 11.5 Å². The number of rotatable bonds is 3. The van der Waals surface area contributed by atoms with E-state index in [1.54, 1.807) is 12.5 Å². The summed E-state index contributed by atoms with van der Waals surface area (Å²) < 4.78 is 1.84. The van der Waals surface area contributed by atoms with Crippen LogP contribution >= 0.6 is 0 Å². The Labute approximate surface area is 86.5 Å². The lowest BCUT2D eigenvalue weighted by Crippen LogP contribution is -2.31. The topological polar surface area (TPSA) is 81.1 Å². The molecule has 78 valence electrons. The molecule has 1 fully saturated rings. The molecular weight excluding hydrogens is 192 g/mol. The van der Waals surface area contributed by atoms with E-state index in [1.807, 2.05) is 10.6 Å². The van der Waals surface area contributed by atoms with Crippen LogP contribution in [0.2, 0.25) is 0 Å². The van der Waals surface area contributed by atoms with Gasteiger partial charge < -0.3 is 11.1 Å². The Kier molecular flexibility index (Phi) is 1.66. The van der Waals surface area contributed by atoms with Gasteiger partial charge in [-0.25, -0.2) is 4.98 Å². The van der Waals surface area contributed by atoms with E-state index in [2.05, 4.69) is 20.5 Å². The third-order valence-corrected chi connectivity index (χ3v) is 2.84. The fourth-order valence-electron chi connectivity index (χ4n) is 1.63. The van der Waals surface area contributed by atoms with Gasteiger partial charge in [0.15, 0.2) is 5.82 Å². The second-order valence-corrected chi connectivity index (χ2v) is 3.95. The van der Waals surface area contributed by atoms with Crippen LogP contribution in [0.1, 0.15) is 12.8 Å². The first kappa shape index (κ1) is 8.60. The molecule has 6 heteroatoms. The Balaban J connectivity index is 2.00. The first-order chi connectivity index (χ1) is 7.33. The van der Waals surface area contributed by atoms with Crippen LogP contribution in [0.5, 0.6) is 0 Å². The molecule has 0 bridgehead atoms. The molecule has 0 aromatic carbocycles. The fraction of sp³-hybridized carbons (Fsp3) is 0.444. The molecule has 2 aromatic rings. The number of nitrogens with one attached hydrogen (secondary N) is 1. The predicted octanol–water partition coefficient (Wildman–Crippen LogP) is 0.0275. The largest absolute Gasteiger partial charge is 0.360 e. The van der Waals surface area contributed by atoms with Crippen molar-refractivity contribution in [3.8, 4) is 0 Å². The average molecular weight is 204 g/mol. The SMILES string of the molecule is NCC1(Nc2nccn3cnnc23)CC1. The van der Waals surface area contributed by atoms with Crippen molar-refractivity contribution in [3.05, 3.63) is 18.7 Å². The molecule has 0 atom stereocenters. The number of hydrogen-bond acceptors (Lipinski definition) is 5. The summed E-state index contributed by atoms with van der Waals surface area (Å²) in [5.41, 5.74) is 6.49. The van der Waals surface area contributed by atoms with Gasteiger partial charge in [-0.05, 0) is 12.8 Å². The van der Waals surface area contributed by atoms with Crippen LogP contribution in [0, 0.1) is 0 Å². The van der Waals surface area contributed by atoms with E-state index in [1.165, 1.54) is 0 Å². The second kappa shape index (κ2) is 2.90. The average Bonchev–Trinajstić information content (AvgIpc) is 2.87. The predicted molar refractivity (Wildman–Crippen MR) is 55.4 cm³/mol. The highest BCUT2D eigenvalue weighted by molar-refractivity contribution is 5.63. The molecule has 0 amide bonds. The molecule has 15 heavy (non-hydrogen) atoms. The zero-order chi connectivity index (χ0) is 10.3. The summed E-state index contributed by atoms with van der Waals surface area (Å²) >= 11 is 0. The van der Waals surface area contributed by atoms with Crippen LogP contribution in [0.4, 0.5) is 5.82 Å². The van der Waals surface area contributed by atoms with Crippen molar-refractivity contribution in [2.75, 3.05) is 11.9 Å². The van der Waals surface area contributed by atoms with Crippen molar-refractivity contribution in [3.63, 3.8) is 0 Å². The molecule has 1 saturated carbocycles. The summed E-state index contributed by atoms with van der Waals surface area (Å²) in [6.45, 7) is 0.629. The van der Waals surface area contributed by atoms with Gasteiger partial charge in [-0.15, -0.1) is 10.2 Å². The minimum Gasteiger partial charge on any atom is -0.360 e. The molecule has 1 aliphatic rings. The Bertz CT molecular complexity index is 486. The monoisotopic (exact) mass is 204 g/mol. The fourth-order valence-corrected chi connectivity index (χ4v) is 1.63. The minimum atomic E-state index is 0.0425. The summed E-state index contributed by atoms with van der Waals surface area (Å²) in [6.07, 6.45) is 7.40. The highest BCUT2D eigenvalue weighted by Gasteiger charge is 2.41. The van der Waals surface area contributed by atoms with Crippen molar-refractivity contribution < 1.29 is 0 Å². The van der Waals surface area contributed by atoms with Gasteiger partial charge >= 0.3 is 0 Å². The Morgan fingerprint density at radius 2 is 2.40 bits per heavy atom. The zero-order valence-electron chi connectivity index (χ0n) is 8.22. The quantitative estimate of drug-likeness (QED) is 0.737. The molecule has 6 nitrogen and oxygen atoms in total. The number of fused-ring (bicyclic) bond motifs is 1. The van der Waals surface area contributed by atoms with Crippen LogP contribution < -0.4 is 11.1 Å². The van der Waals surface area contributed by atoms with Crippen LogP contribution in [0.3, 0.4) is 0 Å². The first-order valence-electron chi connectivity index (χ1n) is 4.96. The van der Waals surface area contributed by atoms with Crippen molar-refractivity contribution in [1.29, 1.82) is 0 Å².